The van der Waals surface area contributed by atoms with Crippen LogP contribution in [0, 0.1) is 5.41 Å². The van der Waals surface area contributed by atoms with Gasteiger partial charge in [-0.25, -0.2) is 0 Å². The Morgan fingerprint density at radius 3 is 2.82 bits per heavy atom. The van der Waals surface area contributed by atoms with Crippen LogP contribution < -0.4 is 5.32 Å². The predicted molar refractivity (Wildman–Crippen MR) is 125 cm³/mol. The standard InChI is InChI=1S/C22H34N4O.HI/c1-3-23-21(26-12-9-22(16-26)10-13-27-17-22)24-14-18(2)25-11-8-19-6-4-5-7-20(19)15-25;/h4-7,18H,3,8-17H2,1-2H3,(H,23,24);1H. The van der Waals surface area contributed by atoms with Crippen molar-refractivity contribution in [3.05, 3.63) is 35.4 Å². The maximum atomic E-state index is 5.68. The van der Waals surface area contributed by atoms with E-state index in [4.69, 9.17) is 9.73 Å². The molecule has 0 bridgehead atoms. The number of ether oxygens (including phenoxy) is 1. The summed E-state index contributed by atoms with van der Waals surface area (Å²) in [6.07, 6.45) is 3.58. The second kappa shape index (κ2) is 9.76. The monoisotopic (exact) mass is 498 g/mol. The molecule has 4 rings (SSSR count). The highest BCUT2D eigenvalue weighted by molar-refractivity contribution is 14.0. The van der Waals surface area contributed by atoms with E-state index in [0.29, 0.717) is 11.5 Å². The Bertz CT molecular complexity index is 674. The maximum Gasteiger partial charge on any atom is 0.193 e. The minimum Gasteiger partial charge on any atom is -0.381 e. The van der Waals surface area contributed by atoms with Crippen molar-refractivity contribution in [2.75, 3.05) is 45.9 Å². The van der Waals surface area contributed by atoms with Crippen molar-refractivity contribution in [3.63, 3.8) is 0 Å². The van der Waals surface area contributed by atoms with E-state index < -0.39 is 0 Å². The normalized spacial score (nSPS) is 26.2. The van der Waals surface area contributed by atoms with E-state index in [1.54, 1.807) is 0 Å². The summed E-state index contributed by atoms with van der Waals surface area (Å²) in [7, 11) is 0. The predicted octanol–water partition coefficient (Wildman–Crippen LogP) is 3.13. The zero-order chi connectivity index (χ0) is 18.7. The molecular formula is C22H35IN4O. The van der Waals surface area contributed by atoms with Gasteiger partial charge in [0.2, 0.25) is 0 Å². The molecule has 0 radical (unpaired) electrons. The number of nitrogens with one attached hydrogen (secondary N) is 1. The van der Waals surface area contributed by atoms with Crippen LogP contribution in [0.5, 0.6) is 0 Å². The van der Waals surface area contributed by atoms with Crippen LogP contribution >= 0.6 is 24.0 Å². The molecule has 156 valence electrons. The van der Waals surface area contributed by atoms with Gasteiger partial charge in [0.05, 0.1) is 13.2 Å². The van der Waals surface area contributed by atoms with Gasteiger partial charge in [0, 0.05) is 50.8 Å². The van der Waals surface area contributed by atoms with Crippen molar-refractivity contribution in [1.82, 2.24) is 15.1 Å². The van der Waals surface area contributed by atoms with E-state index in [1.165, 1.54) is 24.0 Å². The van der Waals surface area contributed by atoms with Gasteiger partial charge in [-0.1, -0.05) is 24.3 Å². The first kappa shape index (κ1) is 21.8. The molecule has 6 heteroatoms. The molecule has 2 atom stereocenters. The van der Waals surface area contributed by atoms with E-state index in [0.717, 1.165) is 64.9 Å². The van der Waals surface area contributed by atoms with Gasteiger partial charge in [0.1, 0.15) is 0 Å². The molecule has 1 aromatic rings. The molecule has 2 unspecified atom stereocenters. The third kappa shape index (κ3) is 4.82. The largest absolute Gasteiger partial charge is 0.381 e. The van der Waals surface area contributed by atoms with Gasteiger partial charge in [0.15, 0.2) is 5.96 Å². The zero-order valence-electron chi connectivity index (χ0n) is 17.3. The first-order chi connectivity index (χ1) is 13.2. The number of hydrogen-bond donors (Lipinski definition) is 1. The molecule has 2 saturated heterocycles. The molecule has 28 heavy (non-hydrogen) atoms. The molecule has 0 aromatic heterocycles. The fourth-order valence-electron chi connectivity index (χ4n) is 4.74. The molecule has 3 aliphatic heterocycles. The highest BCUT2D eigenvalue weighted by Gasteiger charge is 2.42. The molecule has 1 aromatic carbocycles. The lowest BCUT2D eigenvalue weighted by Crippen LogP contribution is -2.43. The molecule has 1 spiro atoms. The van der Waals surface area contributed by atoms with Crippen molar-refractivity contribution in [2.24, 2.45) is 10.4 Å². The first-order valence-electron chi connectivity index (χ1n) is 10.6. The molecule has 0 amide bonds. The van der Waals surface area contributed by atoms with E-state index >= 15 is 0 Å². The van der Waals surface area contributed by atoms with E-state index in [1.807, 2.05) is 0 Å². The fraction of sp³-hybridized carbons (Fsp3) is 0.682. The minimum absolute atomic E-state index is 0. The lowest BCUT2D eigenvalue weighted by molar-refractivity contribution is 0.156. The van der Waals surface area contributed by atoms with Crippen LogP contribution in [-0.4, -0.2) is 67.7 Å². The van der Waals surface area contributed by atoms with Gasteiger partial charge < -0.3 is 15.0 Å². The molecule has 3 aliphatic rings. The number of hydrogen-bond acceptors (Lipinski definition) is 3. The van der Waals surface area contributed by atoms with Crippen LogP contribution in [0.2, 0.25) is 0 Å². The number of halogens is 1. The Morgan fingerprint density at radius 1 is 1.25 bits per heavy atom. The Morgan fingerprint density at radius 2 is 2.07 bits per heavy atom. The summed E-state index contributed by atoms with van der Waals surface area (Å²) in [6, 6.07) is 9.32. The fourth-order valence-corrected chi connectivity index (χ4v) is 4.74. The third-order valence-corrected chi connectivity index (χ3v) is 6.55. The molecule has 2 fully saturated rings. The summed E-state index contributed by atoms with van der Waals surface area (Å²) in [5.41, 5.74) is 3.37. The zero-order valence-corrected chi connectivity index (χ0v) is 19.7. The Hall–Kier alpha value is -0.860. The molecule has 0 aliphatic carbocycles. The summed E-state index contributed by atoms with van der Waals surface area (Å²) >= 11 is 0. The van der Waals surface area contributed by atoms with Crippen LogP contribution in [0.4, 0.5) is 0 Å². The highest BCUT2D eigenvalue weighted by atomic mass is 127. The van der Waals surface area contributed by atoms with E-state index in [-0.39, 0.29) is 24.0 Å². The Balaban J connectivity index is 0.00000225. The number of benzene rings is 1. The van der Waals surface area contributed by atoms with Crippen LogP contribution in [-0.2, 0) is 17.7 Å². The average molecular weight is 498 g/mol. The Kier molecular flexibility index (Phi) is 7.61. The SMILES string of the molecule is CCNC(=NCC(C)N1CCc2ccccc2C1)N1CCC2(CCOC2)C1.I. The van der Waals surface area contributed by atoms with Crippen molar-refractivity contribution in [3.8, 4) is 0 Å². The smallest absolute Gasteiger partial charge is 0.193 e. The molecule has 3 heterocycles. The van der Waals surface area contributed by atoms with Crippen LogP contribution in [0.1, 0.15) is 37.8 Å². The van der Waals surface area contributed by atoms with Gasteiger partial charge in [0.25, 0.3) is 0 Å². The maximum absolute atomic E-state index is 5.68. The van der Waals surface area contributed by atoms with Crippen LogP contribution in [0.25, 0.3) is 0 Å². The summed E-state index contributed by atoms with van der Waals surface area (Å²) < 4.78 is 5.68. The van der Waals surface area contributed by atoms with Gasteiger partial charge in [-0.15, -0.1) is 24.0 Å². The highest BCUT2D eigenvalue weighted by Crippen LogP contribution is 2.38. The van der Waals surface area contributed by atoms with Crippen LogP contribution in [0.3, 0.4) is 0 Å². The number of fused-ring (bicyclic) bond motifs is 1. The van der Waals surface area contributed by atoms with Crippen molar-refractivity contribution >= 4 is 29.9 Å². The van der Waals surface area contributed by atoms with E-state index in [9.17, 15) is 0 Å². The molecule has 1 N–H and O–H groups in total. The van der Waals surface area contributed by atoms with Gasteiger partial charge in [-0.3, -0.25) is 9.89 Å². The minimum atomic E-state index is 0. The second-order valence-electron chi connectivity index (χ2n) is 8.51. The lowest BCUT2D eigenvalue weighted by atomic mass is 9.87. The number of rotatable bonds is 4. The topological polar surface area (TPSA) is 40.1 Å². The Labute approximate surface area is 186 Å². The summed E-state index contributed by atoms with van der Waals surface area (Å²) in [5, 5.41) is 3.52. The summed E-state index contributed by atoms with van der Waals surface area (Å²) in [4.78, 5) is 10.1. The quantitative estimate of drug-likeness (QED) is 0.394. The van der Waals surface area contributed by atoms with Gasteiger partial charge >= 0.3 is 0 Å². The second-order valence-corrected chi connectivity index (χ2v) is 8.51. The summed E-state index contributed by atoms with van der Waals surface area (Å²) in [5.74, 6) is 1.09. The number of likely N-dealkylation sites (tertiary alicyclic amines) is 1. The number of nitrogens with zero attached hydrogens (tertiary/aromatic N) is 3. The van der Waals surface area contributed by atoms with Crippen LogP contribution in [0.15, 0.2) is 29.3 Å². The molecule has 0 saturated carbocycles. The summed E-state index contributed by atoms with van der Waals surface area (Å²) in [6.45, 7) is 12.5. The third-order valence-electron chi connectivity index (χ3n) is 6.55. The van der Waals surface area contributed by atoms with Crippen molar-refractivity contribution in [1.29, 1.82) is 0 Å². The molecule has 5 nitrogen and oxygen atoms in total. The van der Waals surface area contributed by atoms with Crippen molar-refractivity contribution in [2.45, 2.75) is 45.7 Å². The average Bonchev–Trinajstić information content (AvgIpc) is 3.34. The van der Waals surface area contributed by atoms with Gasteiger partial charge in [-0.2, -0.15) is 0 Å². The lowest BCUT2D eigenvalue weighted by Gasteiger charge is -2.33. The van der Waals surface area contributed by atoms with Gasteiger partial charge in [-0.05, 0) is 44.2 Å². The van der Waals surface area contributed by atoms with Crippen molar-refractivity contribution < 1.29 is 4.74 Å². The number of guanidine groups is 1. The number of aliphatic imine (C=N–C) groups is 1. The molecular weight excluding hydrogens is 463 g/mol. The van der Waals surface area contributed by atoms with E-state index in [2.05, 4.69) is 53.2 Å². The first-order valence-corrected chi connectivity index (χ1v) is 10.6.